The molecule has 4 rings (SSSR count). The van der Waals surface area contributed by atoms with Gasteiger partial charge in [0.15, 0.2) is 0 Å². The molecule has 0 unspecified atom stereocenters. The van der Waals surface area contributed by atoms with Crippen LogP contribution in [-0.4, -0.2) is 33.1 Å². The highest BCUT2D eigenvalue weighted by Gasteiger charge is 2.15. The molecular formula is C25H21N3O6S2. The third-order valence-corrected chi connectivity index (χ3v) is 7.60. The summed E-state index contributed by atoms with van der Waals surface area (Å²) in [6, 6.07) is 19.4. The SMILES string of the molecule is CCOC(=O)c1ccc(-c2ccc(C=NNC(=O)c3ccc(NS(=O)(=O)c4cccs4)cc3)o2)cc1. The topological polar surface area (TPSA) is 127 Å². The maximum absolute atomic E-state index is 12.3. The van der Waals surface area contributed by atoms with Crippen LogP contribution in [0.1, 0.15) is 33.4 Å². The molecule has 11 heteroatoms. The van der Waals surface area contributed by atoms with E-state index in [0.29, 0.717) is 34.9 Å². The molecule has 9 nitrogen and oxygen atoms in total. The summed E-state index contributed by atoms with van der Waals surface area (Å²) in [7, 11) is -3.66. The number of nitrogens with zero attached hydrogens (tertiary/aromatic N) is 1. The molecule has 0 atom stereocenters. The Bertz CT molecular complexity index is 1470. The molecule has 0 aliphatic rings. The molecule has 0 spiro atoms. The van der Waals surface area contributed by atoms with E-state index >= 15 is 0 Å². The number of furan rings is 1. The van der Waals surface area contributed by atoms with E-state index in [4.69, 9.17) is 9.15 Å². The number of anilines is 1. The molecule has 4 aromatic rings. The van der Waals surface area contributed by atoms with E-state index < -0.39 is 15.9 Å². The van der Waals surface area contributed by atoms with Crippen LogP contribution in [0.5, 0.6) is 0 Å². The van der Waals surface area contributed by atoms with Crippen molar-refractivity contribution in [2.24, 2.45) is 5.10 Å². The van der Waals surface area contributed by atoms with Gasteiger partial charge in [-0.25, -0.2) is 18.6 Å². The van der Waals surface area contributed by atoms with E-state index in [0.717, 1.165) is 16.9 Å². The van der Waals surface area contributed by atoms with Gasteiger partial charge >= 0.3 is 5.97 Å². The van der Waals surface area contributed by atoms with Crippen LogP contribution in [-0.2, 0) is 14.8 Å². The number of amides is 1. The summed E-state index contributed by atoms with van der Waals surface area (Å²) in [4.78, 5) is 24.1. The Kier molecular flexibility index (Phi) is 7.62. The van der Waals surface area contributed by atoms with Crippen molar-refractivity contribution in [3.8, 4) is 11.3 Å². The lowest BCUT2D eigenvalue weighted by Gasteiger charge is -2.07. The number of hydrazone groups is 1. The fraction of sp³-hybridized carbons (Fsp3) is 0.0800. The minimum atomic E-state index is -3.66. The Labute approximate surface area is 211 Å². The average molecular weight is 524 g/mol. The molecule has 2 heterocycles. The summed E-state index contributed by atoms with van der Waals surface area (Å²) in [6.07, 6.45) is 1.36. The minimum Gasteiger partial charge on any atom is -0.462 e. The van der Waals surface area contributed by atoms with E-state index in [2.05, 4.69) is 15.2 Å². The first kappa shape index (κ1) is 24.9. The zero-order chi connectivity index (χ0) is 25.5. The van der Waals surface area contributed by atoms with Gasteiger partial charge in [-0.15, -0.1) is 11.3 Å². The van der Waals surface area contributed by atoms with Crippen LogP contribution in [0.15, 0.2) is 91.9 Å². The van der Waals surface area contributed by atoms with Crippen molar-refractivity contribution in [2.45, 2.75) is 11.1 Å². The molecule has 0 aliphatic carbocycles. The second-order valence-corrected chi connectivity index (χ2v) is 10.2. The maximum atomic E-state index is 12.3. The normalized spacial score (nSPS) is 11.4. The van der Waals surface area contributed by atoms with Gasteiger partial charge in [0.1, 0.15) is 15.7 Å². The number of rotatable bonds is 9. The smallest absolute Gasteiger partial charge is 0.338 e. The molecule has 36 heavy (non-hydrogen) atoms. The predicted octanol–water partition coefficient (Wildman–Crippen LogP) is 4.75. The second kappa shape index (κ2) is 11.0. The molecule has 0 radical (unpaired) electrons. The van der Waals surface area contributed by atoms with E-state index in [1.807, 2.05) is 0 Å². The maximum Gasteiger partial charge on any atom is 0.338 e. The molecule has 2 aromatic carbocycles. The van der Waals surface area contributed by atoms with Crippen molar-refractivity contribution in [3.05, 3.63) is 95.1 Å². The average Bonchev–Trinajstić information content (AvgIpc) is 3.58. The zero-order valence-electron chi connectivity index (χ0n) is 19.0. The molecule has 0 fully saturated rings. The number of hydrogen-bond donors (Lipinski definition) is 2. The van der Waals surface area contributed by atoms with Gasteiger partial charge in [0, 0.05) is 16.8 Å². The van der Waals surface area contributed by atoms with Crippen molar-refractivity contribution in [2.75, 3.05) is 11.3 Å². The van der Waals surface area contributed by atoms with E-state index in [-0.39, 0.29) is 10.2 Å². The van der Waals surface area contributed by atoms with E-state index in [9.17, 15) is 18.0 Å². The fourth-order valence-corrected chi connectivity index (χ4v) is 5.14. The van der Waals surface area contributed by atoms with Crippen LogP contribution in [0, 0.1) is 0 Å². The highest BCUT2D eigenvalue weighted by molar-refractivity contribution is 7.94. The lowest BCUT2D eigenvalue weighted by molar-refractivity contribution is 0.0526. The van der Waals surface area contributed by atoms with Crippen LogP contribution in [0.3, 0.4) is 0 Å². The predicted molar refractivity (Wildman–Crippen MR) is 137 cm³/mol. The Morgan fingerprint density at radius 2 is 1.72 bits per heavy atom. The minimum absolute atomic E-state index is 0.202. The number of benzene rings is 2. The monoisotopic (exact) mass is 523 g/mol. The molecule has 184 valence electrons. The number of sulfonamides is 1. The molecule has 2 aromatic heterocycles. The van der Waals surface area contributed by atoms with E-state index in [1.54, 1.807) is 54.8 Å². The molecule has 0 saturated heterocycles. The van der Waals surface area contributed by atoms with Gasteiger partial charge in [0.2, 0.25) is 0 Å². The first-order valence-electron chi connectivity index (χ1n) is 10.7. The standard InChI is InChI=1S/C25H21N3O6S2/c1-2-33-25(30)19-7-5-17(6-8-19)22-14-13-21(34-22)16-26-27-24(29)18-9-11-20(12-10-18)28-36(31,32)23-4-3-15-35-23/h3-16,28H,2H2,1H3,(H,27,29). The summed E-state index contributed by atoms with van der Waals surface area (Å²) in [5, 5.41) is 5.59. The molecule has 0 bridgehead atoms. The number of carbonyl (C=O) groups is 2. The highest BCUT2D eigenvalue weighted by Crippen LogP contribution is 2.23. The zero-order valence-corrected chi connectivity index (χ0v) is 20.6. The number of esters is 1. The molecule has 0 aliphatic heterocycles. The summed E-state index contributed by atoms with van der Waals surface area (Å²) < 4.78 is 37.9. The van der Waals surface area contributed by atoms with Crippen molar-refractivity contribution < 1.29 is 27.2 Å². The highest BCUT2D eigenvalue weighted by atomic mass is 32.2. The fourth-order valence-electron chi connectivity index (χ4n) is 3.09. The molecule has 2 N–H and O–H groups in total. The van der Waals surface area contributed by atoms with Crippen LogP contribution >= 0.6 is 11.3 Å². The van der Waals surface area contributed by atoms with Gasteiger partial charge < -0.3 is 9.15 Å². The number of hydrogen-bond acceptors (Lipinski definition) is 8. The van der Waals surface area contributed by atoms with Crippen LogP contribution in [0.2, 0.25) is 0 Å². The summed E-state index contributed by atoms with van der Waals surface area (Å²) in [6.45, 7) is 2.05. The molecule has 0 saturated carbocycles. The van der Waals surface area contributed by atoms with Gasteiger partial charge in [0.05, 0.1) is 18.4 Å². The number of thiophene rings is 1. The van der Waals surface area contributed by atoms with Gasteiger partial charge in [-0.3, -0.25) is 9.52 Å². The lowest BCUT2D eigenvalue weighted by Crippen LogP contribution is -2.17. The Balaban J connectivity index is 1.33. The van der Waals surface area contributed by atoms with Gasteiger partial charge in [-0.05, 0) is 66.9 Å². The lowest BCUT2D eigenvalue weighted by atomic mass is 10.1. The van der Waals surface area contributed by atoms with Crippen molar-refractivity contribution in [1.29, 1.82) is 0 Å². The number of nitrogens with one attached hydrogen (secondary N) is 2. The first-order valence-corrected chi connectivity index (χ1v) is 13.1. The Morgan fingerprint density at radius 1 is 1.00 bits per heavy atom. The van der Waals surface area contributed by atoms with E-state index in [1.165, 1.54) is 36.5 Å². The first-order chi connectivity index (χ1) is 17.4. The molecular weight excluding hydrogens is 502 g/mol. The largest absolute Gasteiger partial charge is 0.462 e. The van der Waals surface area contributed by atoms with Gasteiger partial charge in [-0.2, -0.15) is 5.10 Å². The third-order valence-electron chi connectivity index (χ3n) is 4.82. The second-order valence-electron chi connectivity index (χ2n) is 7.31. The van der Waals surface area contributed by atoms with Crippen LogP contribution < -0.4 is 10.1 Å². The van der Waals surface area contributed by atoms with Crippen molar-refractivity contribution in [1.82, 2.24) is 5.43 Å². The number of ether oxygens (including phenoxy) is 1. The van der Waals surface area contributed by atoms with Crippen LogP contribution in [0.25, 0.3) is 11.3 Å². The van der Waals surface area contributed by atoms with Crippen molar-refractivity contribution >= 4 is 45.1 Å². The Hall–Kier alpha value is -4.22. The Morgan fingerprint density at radius 3 is 2.39 bits per heavy atom. The molecule has 1 amide bonds. The quantitative estimate of drug-likeness (QED) is 0.185. The van der Waals surface area contributed by atoms with Gasteiger partial charge in [0.25, 0.3) is 15.9 Å². The van der Waals surface area contributed by atoms with Crippen LogP contribution in [0.4, 0.5) is 5.69 Å². The summed E-state index contributed by atoms with van der Waals surface area (Å²) in [5.41, 5.74) is 4.25. The third kappa shape index (κ3) is 6.06. The summed E-state index contributed by atoms with van der Waals surface area (Å²) in [5.74, 6) is 0.124. The number of carbonyl (C=O) groups excluding carboxylic acids is 2. The van der Waals surface area contributed by atoms with Gasteiger partial charge in [-0.1, -0.05) is 18.2 Å². The summed E-state index contributed by atoms with van der Waals surface area (Å²) >= 11 is 1.11. The van der Waals surface area contributed by atoms with Crippen molar-refractivity contribution in [3.63, 3.8) is 0 Å².